The molecule has 1 atom stereocenters. The van der Waals surface area contributed by atoms with Crippen molar-refractivity contribution in [3.8, 4) is 0 Å². The zero-order valence-electron chi connectivity index (χ0n) is 19.1. The number of nitrogens with zero attached hydrogens (tertiary/aromatic N) is 2. The van der Waals surface area contributed by atoms with Crippen LogP contribution in [0.25, 0.3) is 0 Å². The van der Waals surface area contributed by atoms with Gasteiger partial charge in [0.2, 0.25) is 21.8 Å². The maximum absolute atomic E-state index is 14.4. The number of hydrogen-bond acceptors (Lipinski definition) is 4. The maximum Gasteiger partial charge on any atom is 0.244 e. The zero-order valence-corrected chi connectivity index (χ0v) is 20.7. The van der Waals surface area contributed by atoms with Gasteiger partial charge in [-0.3, -0.25) is 13.9 Å². The lowest BCUT2D eigenvalue weighted by Gasteiger charge is -2.33. The molecule has 180 valence electrons. The molecule has 0 saturated carbocycles. The molecule has 1 unspecified atom stereocenters. The number of amides is 2. The van der Waals surface area contributed by atoms with Crippen LogP contribution in [0.1, 0.15) is 32.8 Å². The molecule has 0 aliphatic rings. The van der Waals surface area contributed by atoms with E-state index < -0.39 is 34.3 Å². The molecule has 10 heteroatoms. The molecule has 0 heterocycles. The van der Waals surface area contributed by atoms with E-state index >= 15 is 0 Å². The van der Waals surface area contributed by atoms with Crippen LogP contribution in [-0.4, -0.2) is 50.0 Å². The van der Waals surface area contributed by atoms with Gasteiger partial charge in [-0.05, 0) is 44.0 Å². The summed E-state index contributed by atoms with van der Waals surface area (Å²) in [5.74, 6) is -1.81. The third kappa shape index (κ3) is 7.17. The second kappa shape index (κ2) is 11.5. The predicted molar refractivity (Wildman–Crippen MR) is 128 cm³/mol. The van der Waals surface area contributed by atoms with Crippen LogP contribution < -0.4 is 9.62 Å². The van der Waals surface area contributed by atoms with Gasteiger partial charge in [-0.15, -0.1) is 0 Å². The minimum atomic E-state index is -4.00. The fraction of sp³-hybridized carbons (Fsp3) is 0.391. The van der Waals surface area contributed by atoms with Crippen molar-refractivity contribution in [3.63, 3.8) is 0 Å². The number of carbonyl (C=O) groups is 2. The lowest BCUT2D eigenvalue weighted by molar-refractivity contribution is -0.140. The molecule has 0 aromatic heterocycles. The first-order valence-electron chi connectivity index (χ1n) is 10.5. The minimum absolute atomic E-state index is 0.0165. The van der Waals surface area contributed by atoms with Crippen molar-refractivity contribution in [2.75, 3.05) is 17.1 Å². The molecule has 33 heavy (non-hydrogen) atoms. The van der Waals surface area contributed by atoms with Crippen molar-refractivity contribution in [2.24, 2.45) is 0 Å². The highest BCUT2D eigenvalue weighted by molar-refractivity contribution is 7.92. The number of sulfonamides is 1. The number of hydrogen-bond donors (Lipinski definition) is 1. The second-order valence-corrected chi connectivity index (χ2v) is 10.2. The van der Waals surface area contributed by atoms with E-state index in [0.29, 0.717) is 14.9 Å². The molecule has 2 aromatic carbocycles. The summed E-state index contributed by atoms with van der Waals surface area (Å²) in [7, 11) is -4.00. The molecule has 0 spiro atoms. The molecule has 7 nitrogen and oxygen atoms in total. The lowest BCUT2D eigenvalue weighted by Crippen LogP contribution is -2.53. The summed E-state index contributed by atoms with van der Waals surface area (Å²) in [6, 6.07) is 11.1. The highest BCUT2D eigenvalue weighted by Gasteiger charge is 2.32. The standard InChI is InChI=1S/C23H29ClFN3O4S/c1-5-20(23(30)26-16(2)3)27(14-17-10-6-7-11-18(17)24)22(29)15-28(33(4,31)32)21-13-9-8-12-19(21)25/h6-13,16,20H,5,14-15H2,1-4H3,(H,26,30). The van der Waals surface area contributed by atoms with E-state index in [1.54, 1.807) is 45.0 Å². The molecule has 0 saturated heterocycles. The van der Waals surface area contributed by atoms with Crippen molar-refractivity contribution >= 4 is 39.1 Å². The molecule has 2 amide bonds. The van der Waals surface area contributed by atoms with Gasteiger partial charge in [-0.2, -0.15) is 0 Å². The van der Waals surface area contributed by atoms with E-state index in [0.717, 1.165) is 12.3 Å². The Kier molecular flexibility index (Phi) is 9.25. The minimum Gasteiger partial charge on any atom is -0.352 e. The number of nitrogens with one attached hydrogen (secondary N) is 1. The number of benzene rings is 2. The Morgan fingerprint density at radius 3 is 2.24 bits per heavy atom. The number of para-hydroxylation sites is 1. The van der Waals surface area contributed by atoms with Gasteiger partial charge in [-0.1, -0.05) is 48.9 Å². The first-order chi connectivity index (χ1) is 15.5. The average molecular weight is 498 g/mol. The number of anilines is 1. The number of carbonyl (C=O) groups excluding carboxylic acids is 2. The van der Waals surface area contributed by atoms with Gasteiger partial charge in [0.25, 0.3) is 0 Å². The summed E-state index contributed by atoms with van der Waals surface area (Å²) in [5, 5.41) is 3.20. The van der Waals surface area contributed by atoms with Gasteiger partial charge in [0.15, 0.2) is 0 Å². The summed E-state index contributed by atoms with van der Waals surface area (Å²) >= 11 is 6.29. The zero-order chi connectivity index (χ0) is 24.8. The Morgan fingerprint density at radius 2 is 1.70 bits per heavy atom. The van der Waals surface area contributed by atoms with Crippen molar-refractivity contribution in [1.82, 2.24) is 10.2 Å². The van der Waals surface area contributed by atoms with Gasteiger partial charge in [-0.25, -0.2) is 12.8 Å². The van der Waals surface area contributed by atoms with Crippen molar-refractivity contribution in [3.05, 3.63) is 64.9 Å². The molecule has 0 radical (unpaired) electrons. The van der Waals surface area contributed by atoms with Crippen molar-refractivity contribution < 1.29 is 22.4 Å². The maximum atomic E-state index is 14.4. The number of halogens is 2. The topological polar surface area (TPSA) is 86.8 Å². The van der Waals surface area contributed by atoms with E-state index in [9.17, 15) is 22.4 Å². The van der Waals surface area contributed by atoms with E-state index in [-0.39, 0.29) is 30.6 Å². The Labute approximate surface area is 199 Å². The van der Waals surface area contributed by atoms with Gasteiger partial charge < -0.3 is 10.2 Å². The molecule has 0 fully saturated rings. The second-order valence-electron chi connectivity index (χ2n) is 7.92. The molecular weight excluding hydrogens is 469 g/mol. The molecule has 2 aromatic rings. The first-order valence-corrected chi connectivity index (χ1v) is 12.7. The normalized spacial score (nSPS) is 12.3. The van der Waals surface area contributed by atoms with Crippen LogP contribution in [0.4, 0.5) is 10.1 Å². The van der Waals surface area contributed by atoms with Crippen LogP contribution >= 0.6 is 11.6 Å². The Hall–Kier alpha value is -2.65. The molecule has 0 bridgehead atoms. The van der Waals surface area contributed by atoms with Crippen molar-refractivity contribution in [2.45, 2.75) is 45.8 Å². The van der Waals surface area contributed by atoms with Gasteiger partial charge in [0, 0.05) is 17.6 Å². The van der Waals surface area contributed by atoms with E-state index in [1.165, 1.54) is 23.1 Å². The number of rotatable bonds is 10. The Bertz CT molecular complexity index is 1090. The molecule has 1 N–H and O–H groups in total. The summed E-state index contributed by atoms with van der Waals surface area (Å²) in [5.41, 5.74) is 0.353. The van der Waals surface area contributed by atoms with Gasteiger partial charge in [0.1, 0.15) is 18.4 Å². The molecule has 0 aliphatic carbocycles. The fourth-order valence-corrected chi connectivity index (χ4v) is 4.40. The fourth-order valence-electron chi connectivity index (χ4n) is 3.36. The summed E-state index contributed by atoms with van der Waals surface area (Å²) < 4.78 is 40.0. The predicted octanol–water partition coefficient (Wildman–Crippen LogP) is 3.58. The largest absolute Gasteiger partial charge is 0.352 e. The van der Waals surface area contributed by atoms with E-state index in [1.807, 2.05) is 0 Å². The SMILES string of the molecule is CCC(C(=O)NC(C)C)N(Cc1ccccc1Cl)C(=O)CN(c1ccccc1F)S(C)(=O)=O. The molecule has 2 rings (SSSR count). The highest BCUT2D eigenvalue weighted by Crippen LogP contribution is 2.24. The van der Waals surface area contributed by atoms with Crippen LogP contribution in [-0.2, 0) is 26.2 Å². The molecule has 0 aliphatic heterocycles. The van der Waals surface area contributed by atoms with Gasteiger partial charge >= 0.3 is 0 Å². The third-order valence-electron chi connectivity index (χ3n) is 4.92. The Morgan fingerprint density at radius 1 is 1.09 bits per heavy atom. The summed E-state index contributed by atoms with van der Waals surface area (Å²) in [4.78, 5) is 27.6. The summed E-state index contributed by atoms with van der Waals surface area (Å²) in [6.07, 6.45) is 1.18. The quantitative estimate of drug-likeness (QED) is 0.543. The lowest BCUT2D eigenvalue weighted by atomic mass is 10.1. The monoisotopic (exact) mass is 497 g/mol. The molecular formula is C23H29ClFN3O4S. The van der Waals surface area contributed by atoms with Gasteiger partial charge in [0.05, 0.1) is 11.9 Å². The van der Waals surface area contributed by atoms with E-state index in [2.05, 4.69) is 5.32 Å². The van der Waals surface area contributed by atoms with Crippen LogP contribution in [0.5, 0.6) is 0 Å². The van der Waals surface area contributed by atoms with Crippen LogP contribution in [0.2, 0.25) is 5.02 Å². The van der Waals surface area contributed by atoms with E-state index in [4.69, 9.17) is 11.6 Å². The van der Waals surface area contributed by atoms with Crippen LogP contribution in [0.15, 0.2) is 48.5 Å². The van der Waals surface area contributed by atoms with Crippen LogP contribution in [0, 0.1) is 5.82 Å². The van der Waals surface area contributed by atoms with Crippen LogP contribution in [0.3, 0.4) is 0 Å². The smallest absolute Gasteiger partial charge is 0.244 e. The van der Waals surface area contributed by atoms with Crippen molar-refractivity contribution in [1.29, 1.82) is 0 Å². The highest BCUT2D eigenvalue weighted by atomic mass is 35.5. The average Bonchev–Trinajstić information content (AvgIpc) is 2.72. The summed E-state index contributed by atoms with van der Waals surface area (Å²) in [6.45, 7) is 4.67. The third-order valence-corrected chi connectivity index (χ3v) is 6.41. The Balaban J connectivity index is 2.47. The first kappa shape index (κ1) is 26.6.